The molecule has 47 heavy (non-hydrogen) atoms. The van der Waals surface area contributed by atoms with Gasteiger partial charge in [-0.05, 0) is 70.3 Å². The van der Waals surface area contributed by atoms with E-state index in [-0.39, 0.29) is 23.4 Å². The molecule has 1 unspecified atom stereocenters. The normalized spacial score (nSPS) is 12.4. The third-order valence-electron chi connectivity index (χ3n) is 5.97. The van der Waals surface area contributed by atoms with Crippen LogP contribution in [-0.2, 0) is 14.9 Å². The quantitative estimate of drug-likeness (QED) is 0.0899. The first-order valence-electron chi connectivity index (χ1n) is 13.8. The molecular weight excluding hydrogens is 653 g/mol. The van der Waals surface area contributed by atoms with Crippen molar-refractivity contribution >= 4 is 32.8 Å². The van der Waals surface area contributed by atoms with E-state index in [9.17, 15) is 31.2 Å². The molecule has 1 amide bonds. The summed E-state index contributed by atoms with van der Waals surface area (Å²) in [6.07, 6.45) is 3.64. The van der Waals surface area contributed by atoms with Crippen molar-refractivity contribution in [3.63, 3.8) is 0 Å². The summed E-state index contributed by atoms with van der Waals surface area (Å²) in [4.78, 5) is 33.5. The minimum atomic E-state index is -6.50. The number of nitrogens with zero attached hydrogens (tertiary/aromatic N) is 2. The van der Waals surface area contributed by atoms with E-state index in [2.05, 4.69) is 19.5 Å². The van der Waals surface area contributed by atoms with Crippen molar-refractivity contribution in [2.45, 2.75) is 51.8 Å². The van der Waals surface area contributed by atoms with E-state index >= 15 is 8.78 Å². The zero-order valence-electron chi connectivity index (χ0n) is 25.7. The van der Waals surface area contributed by atoms with Gasteiger partial charge >= 0.3 is 21.7 Å². The van der Waals surface area contributed by atoms with E-state index in [1.165, 1.54) is 51.2 Å². The highest BCUT2D eigenvalue weighted by Crippen LogP contribution is 2.38. The zero-order chi connectivity index (χ0) is 35.2. The maximum absolute atomic E-state index is 15.8. The molecule has 0 aliphatic heterocycles. The molecule has 0 saturated carbocycles. The average molecular weight is 684 g/mol. The van der Waals surface area contributed by atoms with Crippen molar-refractivity contribution in [2.24, 2.45) is 0 Å². The Morgan fingerprint density at radius 3 is 2.15 bits per heavy atom. The van der Waals surface area contributed by atoms with Crippen LogP contribution in [0.2, 0.25) is 0 Å². The van der Waals surface area contributed by atoms with Crippen LogP contribution in [0.1, 0.15) is 62.1 Å². The number of aromatic nitrogens is 2. The number of ketones is 1. The molecule has 0 spiro atoms. The Hall–Kier alpha value is -4.86. The predicted molar refractivity (Wildman–Crippen MR) is 160 cm³/mol. The monoisotopic (exact) mass is 683 g/mol. The van der Waals surface area contributed by atoms with E-state index in [4.69, 9.17) is 9.47 Å². The largest absolute Gasteiger partial charge is 0.534 e. The van der Waals surface area contributed by atoms with Gasteiger partial charge in [-0.15, -0.1) is 0 Å². The van der Waals surface area contributed by atoms with Crippen LogP contribution in [-0.4, -0.2) is 48.0 Å². The first kappa shape index (κ1) is 36.6. The van der Waals surface area contributed by atoms with Crippen molar-refractivity contribution < 1.29 is 53.6 Å². The smallest absolute Gasteiger partial charge is 0.478 e. The molecule has 1 N–H and O–H groups in total. The molecule has 0 aliphatic rings. The third-order valence-corrected chi connectivity index (χ3v) is 6.92. The van der Waals surface area contributed by atoms with Crippen LogP contribution in [0.15, 0.2) is 67.1 Å². The topological polar surface area (TPSA) is 134 Å². The third kappa shape index (κ3) is 9.12. The van der Waals surface area contributed by atoms with Crippen LogP contribution in [0.3, 0.4) is 0 Å². The van der Waals surface area contributed by atoms with E-state index in [0.717, 1.165) is 6.92 Å². The summed E-state index contributed by atoms with van der Waals surface area (Å²) in [6, 6.07) is 10.0. The summed E-state index contributed by atoms with van der Waals surface area (Å²) in [7, 11) is -6.50. The van der Waals surface area contributed by atoms with Crippen molar-refractivity contribution in [3.05, 3.63) is 95.4 Å². The number of fused-ring (bicyclic) bond motifs is 1. The highest BCUT2D eigenvalue weighted by molar-refractivity contribution is 7.88. The van der Waals surface area contributed by atoms with Crippen LogP contribution in [0.5, 0.6) is 11.6 Å². The highest BCUT2D eigenvalue weighted by Gasteiger charge is 2.49. The number of pyridine rings is 2. The number of nitrogens with one attached hydrogen (secondary N) is 1. The molecule has 0 aliphatic carbocycles. The second kappa shape index (κ2) is 14.7. The lowest BCUT2D eigenvalue weighted by molar-refractivity contribution is -0.0501. The van der Waals surface area contributed by atoms with Gasteiger partial charge in [0, 0.05) is 35.1 Å². The molecule has 0 saturated heterocycles. The van der Waals surface area contributed by atoms with E-state index in [0.29, 0.717) is 11.5 Å². The van der Waals surface area contributed by atoms with Crippen molar-refractivity contribution in [1.29, 1.82) is 0 Å². The lowest BCUT2D eigenvalue weighted by atomic mass is 9.95. The summed E-state index contributed by atoms with van der Waals surface area (Å²) >= 11 is 0. The number of benzene rings is 2. The predicted octanol–water partition coefficient (Wildman–Crippen LogP) is 7.04. The number of ether oxygens (including phenoxy) is 2. The Balaban J connectivity index is 0.000000896. The summed E-state index contributed by atoms with van der Waals surface area (Å²) in [5, 5.41) is 2.58. The number of alkyl carbamates (subject to hydrolysis) is 1. The maximum atomic E-state index is 15.8. The molecule has 2 heterocycles. The maximum Gasteiger partial charge on any atom is 0.534 e. The standard InChI is InChI=1S/C26H25F5N2O7S.C5H5N/c1-6-38-23-16-9-7-8-15(14(16)10-11-32-23)21(34)19-18(27)12-17(13(2)33-24(35)39-25(3,4)5)22(20(19)28)40-41(36,37)26(29,30)31;1-2-4-6-5-3-1/h7-13H,6H2,1-5H3,(H,33,35);1-5H. The molecule has 0 fully saturated rings. The fourth-order valence-electron chi connectivity index (χ4n) is 4.03. The molecule has 2 aromatic carbocycles. The van der Waals surface area contributed by atoms with Gasteiger partial charge in [0.1, 0.15) is 11.4 Å². The van der Waals surface area contributed by atoms with Crippen LogP contribution in [0.4, 0.5) is 26.7 Å². The Bertz CT molecular complexity index is 1820. The zero-order valence-corrected chi connectivity index (χ0v) is 26.5. The highest BCUT2D eigenvalue weighted by atomic mass is 32.2. The van der Waals surface area contributed by atoms with E-state index in [1.54, 1.807) is 19.3 Å². The Labute approximate surface area is 267 Å². The fraction of sp³-hybridized carbons (Fsp3) is 0.290. The molecule has 16 heteroatoms. The molecule has 0 bridgehead atoms. The lowest BCUT2D eigenvalue weighted by Crippen LogP contribution is -2.35. The first-order chi connectivity index (χ1) is 21.9. The molecule has 4 aromatic rings. The first-order valence-corrected chi connectivity index (χ1v) is 15.2. The van der Waals surface area contributed by atoms with Crippen molar-refractivity contribution in [2.75, 3.05) is 6.61 Å². The number of carbonyl (C=O) groups is 2. The van der Waals surface area contributed by atoms with E-state index < -0.39 is 67.7 Å². The Morgan fingerprint density at radius 2 is 1.62 bits per heavy atom. The molecular formula is C31H30F5N3O7S. The van der Waals surface area contributed by atoms with E-state index in [1.807, 2.05) is 18.2 Å². The second-order valence-corrected chi connectivity index (χ2v) is 12.2. The van der Waals surface area contributed by atoms with Crippen molar-refractivity contribution in [1.82, 2.24) is 15.3 Å². The van der Waals surface area contributed by atoms with Crippen LogP contribution in [0.25, 0.3) is 10.8 Å². The second-order valence-electron chi connectivity index (χ2n) is 10.6. The van der Waals surface area contributed by atoms with Gasteiger partial charge in [-0.1, -0.05) is 18.2 Å². The number of halogens is 5. The lowest BCUT2D eigenvalue weighted by Gasteiger charge is -2.24. The van der Waals surface area contributed by atoms with Gasteiger partial charge in [0.05, 0.1) is 18.2 Å². The van der Waals surface area contributed by atoms with Gasteiger partial charge in [0.2, 0.25) is 5.88 Å². The van der Waals surface area contributed by atoms with Gasteiger partial charge in [0.15, 0.2) is 17.3 Å². The number of hydrogen-bond acceptors (Lipinski definition) is 9. The van der Waals surface area contributed by atoms with Gasteiger partial charge in [-0.3, -0.25) is 9.78 Å². The van der Waals surface area contributed by atoms with Crippen LogP contribution in [0, 0.1) is 11.6 Å². The summed E-state index contributed by atoms with van der Waals surface area (Å²) in [5.41, 5.74) is -9.56. The number of amides is 1. The summed E-state index contributed by atoms with van der Waals surface area (Å²) < 4.78 is 109. The Kier molecular flexibility index (Phi) is 11.5. The van der Waals surface area contributed by atoms with Crippen LogP contribution < -0.4 is 14.2 Å². The van der Waals surface area contributed by atoms with Gasteiger partial charge in [-0.25, -0.2) is 18.6 Å². The molecule has 1 atom stereocenters. The van der Waals surface area contributed by atoms with Gasteiger partial charge in [-0.2, -0.15) is 21.6 Å². The minimum Gasteiger partial charge on any atom is -0.478 e. The van der Waals surface area contributed by atoms with Gasteiger partial charge in [0.25, 0.3) is 0 Å². The minimum absolute atomic E-state index is 0.110. The molecule has 2 aromatic heterocycles. The molecule has 252 valence electrons. The Morgan fingerprint density at radius 1 is 0.957 bits per heavy atom. The SMILES string of the molecule is CCOc1nccc2c(C(=O)c3c(F)cc(C(C)NC(=O)OC(C)(C)C)c(OS(=O)(=O)C(F)(F)F)c3F)cccc12.c1ccncc1. The van der Waals surface area contributed by atoms with Gasteiger partial charge < -0.3 is 19.0 Å². The number of hydrogen-bond donors (Lipinski definition) is 1. The summed E-state index contributed by atoms with van der Waals surface area (Å²) in [5.74, 6) is -6.46. The molecule has 4 rings (SSSR count). The summed E-state index contributed by atoms with van der Waals surface area (Å²) in [6.45, 7) is 7.47. The van der Waals surface area contributed by atoms with Crippen LogP contribution >= 0.6 is 0 Å². The van der Waals surface area contributed by atoms with Crippen molar-refractivity contribution in [3.8, 4) is 11.6 Å². The molecule has 0 radical (unpaired) electrons. The number of rotatable bonds is 8. The number of alkyl halides is 3. The average Bonchev–Trinajstić information content (AvgIpc) is 2.98. The number of carbonyl (C=O) groups excluding carboxylic acids is 2. The fourth-order valence-corrected chi connectivity index (χ4v) is 4.51. The molecule has 10 nitrogen and oxygen atoms in total.